The van der Waals surface area contributed by atoms with Gasteiger partial charge in [-0.3, -0.25) is 4.90 Å². The Balaban J connectivity index is 2.06. The van der Waals surface area contributed by atoms with E-state index in [1.807, 2.05) is 6.07 Å². The van der Waals surface area contributed by atoms with Gasteiger partial charge in [0.2, 0.25) is 0 Å². The highest BCUT2D eigenvalue weighted by atomic mass is 32.2. The molecule has 1 saturated carbocycles. The Hall–Kier alpha value is -1.27. The van der Waals surface area contributed by atoms with Crippen LogP contribution in [0.5, 0.6) is 0 Å². The van der Waals surface area contributed by atoms with E-state index >= 15 is 0 Å². The summed E-state index contributed by atoms with van der Waals surface area (Å²) in [5, 5.41) is 3.26. The van der Waals surface area contributed by atoms with Crippen LogP contribution in [0.1, 0.15) is 19.8 Å². The van der Waals surface area contributed by atoms with Crippen LogP contribution < -0.4 is 11.1 Å². The molecule has 5 nitrogen and oxygen atoms in total. The number of nitrogens with two attached hydrogens (primary N) is 1. The summed E-state index contributed by atoms with van der Waals surface area (Å²) in [6.07, 6.45) is 3.71. The monoisotopic (exact) mass is 297 g/mol. The highest BCUT2D eigenvalue weighted by Gasteiger charge is 2.29. The molecular weight excluding hydrogens is 274 g/mol. The number of nitrogens with one attached hydrogen (secondary N) is 1. The molecule has 0 spiro atoms. The van der Waals surface area contributed by atoms with Gasteiger partial charge >= 0.3 is 0 Å². The molecule has 3 N–H and O–H groups in total. The zero-order chi connectivity index (χ0) is 14.9. The summed E-state index contributed by atoms with van der Waals surface area (Å²) in [6, 6.07) is 6.14. The molecule has 20 heavy (non-hydrogen) atoms. The lowest BCUT2D eigenvalue weighted by molar-refractivity contribution is 0.257. The van der Waals surface area contributed by atoms with E-state index in [1.165, 1.54) is 25.2 Å². The first kappa shape index (κ1) is 15.1. The van der Waals surface area contributed by atoms with E-state index < -0.39 is 9.84 Å². The van der Waals surface area contributed by atoms with Crippen molar-refractivity contribution in [2.75, 3.05) is 30.9 Å². The highest BCUT2D eigenvalue weighted by molar-refractivity contribution is 7.90. The molecule has 1 atom stereocenters. The van der Waals surface area contributed by atoms with Gasteiger partial charge in [-0.25, -0.2) is 8.42 Å². The maximum absolute atomic E-state index is 11.6. The number of anilines is 2. The van der Waals surface area contributed by atoms with Crippen molar-refractivity contribution in [2.45, 2.75) is 36.7 Å². The number of rotatable bonds is 6. The van der Waals surface area contributed by atoms with Crippen molar-refractivity contribution >= 4 is 21.2 Å². The van der Waals surface area contributed by atoms with Gasteiger partial charge < -0.3 is 11.1 Å². The first-order valence-electron chi connectivity index (χ1n) is 6.85. The number of benzene rings is 1. The van der Waals surface area contributed by atoms with E-state index in [0.29, 0.717) is 23.5 Å². The number of para-hydroxylation sites is 1. The van der Waals surface area contributed by atoms with Crippen LogP contribution in [0.4, 0.5) is 11.4 Å². The summed E-state index contributed by atoms with van der Waals surface area (Å²) in [7, 11) is -1.16. The molecule has 1 aromatic rings. The number of likely N-dealkylation sites (N-methyl/N-ethyl adjacent to an activating group) is 1. The van der Waals surface area contributed by atoms with Gasteiger partial charge in [0.25, 0.3) is 0 Å². The number of nitrogen functional groups attached to an aromatic ring is 1. The third-order valence-corrected chi connectivity index (χ3v) is 5.03. The molecule has 0 aromatic heterocycles. The van der Waals surface area contributed by atoms with Crippen molar-refractivity contribution in [3.8, 4) is 0 Å². The molecule has 0 aliphatic heterocycles. The fourth-order valence-electron chi connectivity index (χ4n) is 2.26. The number of nitrogens with zero attached hydrogens (tertiary/aromatic N) is 1. The van der Waals surface area contributed by atoms with Gasteiger partial charge in [-0.2, -0.15) is 0 Å². The summed E-state index contributed by atoms with van der Waals surface area (Å²) >= 11 is 0. The normalized spacial score (nSPS) is 17.2. The van der Waals surface area contributed by atoms with Gasteiger partial charge in [-0.05, 0) is 38.9 Å². The third kappa shape index (κ3) is 3.43. The Morgan fingerprint density at radius 2 is 2.10 bits per heavy atom. The Morgan fingerprint density at radius 1 is 1.45 bits per heavy atom. The minimum Gasteiger partial charge on any atom is -0.396 e. The Kier molecular flexibility index (Phi) is 4.25. The molecule has 1 aliphatic rings. The maximum atomic E-state index is 11.6. The fourth-order valence-corrected chi connectivity index (χ4v) is 3.10. The highest BCUT2D eigenvalue weighted by Crippen LogP contribution is 2.28. The van der Waals surface area contributed by atoms with Crippen LogP contribution in [0.25, 0.3) is 0 Å². The van der Waals surface area contributed by atoms with Gasteiger partial charge in [0.05, 0.1) is 16.3 Å². The van der Waals surface area contributed by atoms with Gasteiger partial charge in [0.1, 0.15) is 0 Å². The molecule has 1 unspecified atom stereocenters. The van der Waals surface area contributed by atoms with E-state index in [2.05, 4.69) is 24.2 Å². The van der Waals surface area contributed by atoms with E-state index in [4.69, 9.17) is 5.73 Å². The average molecular weight is 297 g/mol. The van der Waals surface area contributed by atoms with Crippen molar-refractivity contribution in [3.05, 3.63) is 18.2 Å². The maximum Gasteiger partial charge on any atom is 0.177 e. The van der Waals surface area contributed by atoms with Gasteiger partial charge in [0, 0.05) is 24.9 Å². The van der Waals surface area contributed by atoms with Crippen LogP contribution in [0.15, 0.2) is 23.1 Å². The summed E-state index contributed by atoms with van der Waals surface area (Å²) in [5.74, 6) is 0. The van der Waals surface area contributed by atoms with Gasteiger partial charge in [-0.1, -0.05) is 6.07 Å². The van der Waals surface area contributed by atoms with Crippen molar-refractivity contribution in [1.29, 1.82) is 0 Å². The zero-order valence-electron chi connectivity index (χ0n) is 12.3. The lowest BCUT2D eigenvalue weighted by Gasteiger charge is -2.25. The summed E-state index contributed by atoms with van der Waals surface area (Å²) < 4.78 is 23.3. The fraction of sp³-hybridized carbons (Fsp3) is 0.571. The number of sulfone groups is 1. The second-order valence-electron chi connectivity index (χ2n) is 5.62. The summed E-state index contributed by atoms with van der Waals surface area (Å²) in [4.78, 5) is 2.54. The molecule has 112 valence electrons. The van der Waals surface area contributed by atoms with Crippen LogP contribution in [-0.4, -0.2) is 45.2 Å². The second-order valence-corrected chi connectivity index (χ2v) is 7.60. The first-order valence-corrected chi connectivity index (χ1v) is 8.74. The molecule has 1 aromatic carbocycles. The minimum atomic E-state index is -3.29. The molecule has 0 radical (unpaired) electrons. The predicted octanol–water partition coefficient (Wildman–Crippen LogP) is 1.57. The largest absolute Gasteiger partial charge is 0.396 e. The predicted molar refractivity (Wildman–Crippen MR) is 82.7 cm³/mol. The molecule has 0 bridgehead atoms. The molecule has 2 rings (SSSR count). The van der Waals surface area contributed by atoms with Gasteiger partial charge in [-0.15, -0.1) is 0 Å². The molecule has 0 heterocycles. The Labute approximate surface area is 121 Å². The SMILES string of the molecule is CC(CNc1cccc(S(C)(=O)=O)c1N)N(C)C1CC1. The van der Waals surface area contributed by atoms with Crippen molar-refractivity contribution in [1.82, 2.24) is 4.90 Å². The van der Waals surface area contributed by atoms with Crippen LogP contribution in [0, 0.1) is 0 Å². The molecular formula is C14H23N3O2S. The lowest BCUT2D eigenvalue weighted by atomic mass is 10.2. The van der Waals surface area contributed by atoms with E-state index in [9.17, 15) is 8.42 Å². The average Bonchev–Trinajstić information content (AvgIpc) is 3.19. The third-order valence-electron chi connectivity index (χ3n) is 3.87. The zero-order valence-corrected chi connectivity index (χ0v) is 13.1. The van der Waals surface area contributed by atoms with Crippen molar-refractivity contribution in [3.63, 3.8) is 0 Å². The number of hydrogen-bond donors (Lipinski definition) is 2. The standard InChI is InChI=1S/C14H23N3O2S/c1-10(17(2)11-7-8-11)9-16-12-5-4-6-13(14(12)15)20(3,18)19/h4-6,10-11,16H,7-9,15H2,1-3H3. The molecule has 1 fully saturated rings. The van der Waals surface area contributed by atoms with Crippen LogP contribution in [-0.2, 0) is 9.84 Å². The van der Waals surface area contributed by atoms with E-state index in [0.717, 1.165) is 6.54 Å². The molecule has 0 amide bonds. The Bertz CT molecular complexity index is 582. The molecule has 0 saturated heterocycles. The minimum absolute atomic E-state index is 0.186. The molecule has 6 heteroatoms. The molecule has 1 aliphatic carbocycles. The van der Waals surface area contributed by atoms with Crippen LogP contribution in [0.2, 0.25) is 0 Å². The quantitative estimate of drug-likeness (QED) is 0.780. The lowest BCUT2D eigenvalue weighted by Crippen LogP contribution is -2.36. The smallest absolute Gasteiger partial charge is 0.177 e. The van der Waals surface area contributed by atoms with Crippen molar-refractivity contribution in [2.24, 2.45) is 0 Å². The van der Waals surface area contributed by atoms with Crippen LogP contribution in [0.3, 0.4) is 0 Å². The van der Waals surface area contributed by atoms with Crippen molar-refractivity contribution < 1.29 is 8.42 Å². The summed E-state index contributed by atoms with van der Waals surface area (Å²) in [6.45, 7) is 2.90. The van der Waals surface area contributed by atoms with Gasteiger partial charge in [0.15, 0.2) is 9.84 Å². The topological polar surface area (TPSA) is 75.4 Å². The first-order chi connectivity index (χ1) is 9.30. The summed E-state index contributed by atoms with van der Waals surface area (Å²) in [5.41, 5.74) is 6.94. The second kappa shape index (κ2) is 5.61. The number of hydrogen-bond acceptors (Lipinski definition) is 5. The van der Waals surface area contributed by atoms with E-state index in [-0.39, 0.29) is 4.90 Å². The van der Waals surface area contributed by atoms with Crippen LogP contribution >= 0.6 is 0 Å². The van der Waals surface area contributed by atoms with E-state index in [1.54, 1.807) is 6.07 Å². The Morgan fingerprint density at radius 3 is 2.65 bits per heavy atom.